The number of ether oxygens (including phenoxy) is 2. The summed E-state index contributed by atoms with van der Waals surface area (Å²) >= 11 is 0. The molecule has 2 aliphatic rings. The Kier molecular flexibility index (Phi) is 7.00. The van der Waals surface area contributed by atoms with Crippen LogP contribution in [0.25, 0.3) is 0 Å². The van der Waals surface area contributed by atoms with Gasteiger partial charge in [0, 0.05) is 24.2 Å². The predicted octanol–water partition coefficient (Wildman–Crippen LogP) is 2.63. The lowest BCUT2D eigenvalue weighted by Crippen LogP contribution is -2.62. The highest BCUT2D eigenvalue weighted by atomic mass is 16.5. The summed E-state index contributed by atoms with van der Waals surface area (Å²) in [5, 5.41) is 11.4. The maximum absolute atomic E-state index is 14.0. The number of fused-ring (bicyclic) bond motifs is 1. The zero-order chi connectivity index (χ0) is 26.9. The number of Topliss-reactive ketones (excluding diaryl/α,β-unsaturated/α-hetero) is 1. The fraction of sp³-hybridized carbons (Fsp3) is 0.286. The number of hydrogen-bond donors (Lipinski definition) is 1. The standard InChI is InChI=1S/C28H28N2O7/c1-17-22(25(32)36-3)23(20-13-9-6-10-14-20)30-24(29(17)16-19-11-7-5-8-12-19)21(18(2)31)15-28(35,26(30)33)27(34)37-4/h5-14,23,35H,15-16H2,1-4H3/t23-,28+/m0/s1. The van der Waals surface area contributed by atoms with Crippen molar-refractivity contribution in [3.8, 4) is 0 Å². The highest BCUT2D eigenvalue weighted by Gasteiger charge is 2.58. The summed E-state index contributed by atoms with van der Waals surface area (Å²) in [6.45, 7) is 3.24. The van der Waals surface area contributed by atoms with Gasteiger partial charge in [0.15, 0.2) is 5.78 Å². The number of methoxy groups -OCH3 is 2. The van der Waals surface area contributed by atoms with E-state index >= 15 is 0 Å². The monoisotopic (exact) mass is 504 g/mol. The number of esters is 2. The topological polar surface area (TPSA) is 113 Å². The smallest absolute Gasteiger partial charge is 0.348 e. The average Bonchev–Trinajstić information content (AvgIpc) is 2.91. The van der Waals surface area contributed by atoms with Gasteiger partial charge in [0.05, 0.1) is 25.8 Å². The highest BCUT2D eigenvalue weighted by Crippen LogP contribution is 2.48. The molecule has 0 saturated carbocycles. The van der Waals surface area contributed by atoms with Gasteiger partial charge >= 0.3 is 11.9 Å². The van der Waals surface area contributed by atoms with Gasteiger partial charge in [-0.3, -0.25) is 14.5 Å². The van der Waals surface area contributed by atoms with E-state index in [0.29, 0.717) is 11.3 Å². The molecule has 2 aliphatic heterocycles. The van der Waals surface area contributed by atoms with E-state index in [1.165, 1.54) is 14.0 Å². The van der Waals surface area contributed by atoms with E-state index in [2.05, 4.69) is 0 Å². The third-order valence-corrected chi connectivity index (χ3v) is 6.74. The third-order valence-electron chi connectivity index (χ3n) is 6.74. The summed E-state index contributed by atoms with van der Waals surface area (Å²) in [7, 11) is 2.29. The second-order valence-electron chi connectivity index (χ2n) is 8.94. The lowest BCUT2D eigenvalue weighted by Gasteiger charge is -2.50. The van der Waals surface area contributed by atoms with Crippen molar-refractivity contribution >= 4 is 23.6 Å². The van der Waals surface area contributed by atoms with Gasteiger partial charge in [0.1, 0.15) is 5.82 Å². The Morgan fingerprint density at radius 2 is 1.59 bits per heavy atom. The number of benzene rings is 2. The minimum atomic E-state index is -2.66. The molecule has 0 bridgehead atoms. The van der Waals surface area contributed by atoms with Gasteiger partial charge in [-0.25, -0.2) is 9.59 Å². The molecule has 1 N–H and O–H groups in total. The van der Waals surface area contributed by atoms with Gasteiger partial charge in [0.25, 0.3) is 5.91 Å². The number of ketones is 1. The molecular formula is C28H28N2O7. The fourth-order valence-corrected chi connectivity index (χ4v) is 4.91. The Morgan fingerprint density at radius 1 is 1.00 bits per heavy atom. The Morgan fingerprint density at radius 3 is 2.14 bits per heavy atom. The van der Waals surface area contributed by atoms with Crippen LogP contribution in [0.4, 0.5) is 0 Å². The van der Waals surface area contributed by atoms with Crippen LogP contribution < -0.4 is 0 Å². The Hall–Kier alpha value is -4.24. The molecule has 2 atom stereocenters. The van der Waals surface area contributed by atoms with Crippen LogP contribution >= 0.6 is 0 Å². The van der Waals surface area contributed by atoms with E-state index in [9.17, 15) is 24.3 Å². The predicted molar refractivity (Wildman–Crippen MR) is 132 cm³/mol. The van der Waals surface area contributed by atoms with Gasteiger partial charge in [-0.2, -0.15) is 0 Å². The van der Waals surface area contributed by atoms with E-state index in [1.807, 2.05) is 30.3 Å². The summed E-state index contributed by atoms with van der Waals surface area (Å²) in [6.07, 6.45) is -0.562. The highest BCUT2D eigenvalue weighted by molar-refractivity contribution is 6.11. The van der Waals surface area contributed by atoms with Crippen molar-refractivity contribution < 1.29 is 33.8 Å². The van der Waals surface area contributed by atoms with E-state index in [-0.39, 0.29) is 23.5 Å². The number of nitrogens with zero attached hydrogens (tertiary/aromatic N) is 2. The molecule has 0 aliphatic carbocycles. The molecule has 0 spiro atoms. The van der Waals surface area contributed by atoms with Gasteiger partial charge in [-0.05, 0) is 25.0 Å². The van der Waals surface area contributed by atoms with Crippen molar-refractivity contribution in [3.05, 3.63) is 94.5 Å². The maximum atomic E-state index is 14.0. The van der Waals surface area contributed by atoms with Crippen molar-refractivity contribution in [2.24, 2.45) is 0 Å². The van der Waals surface area contributed by atoms with E-state index in [0.717, 1.165) is 17.6 Å². The zero-order valence-electron chi connectivity index (χ0n) is 21.1. The zero-order valence-corrected chi connectivity index (χ0v) is 21.1. The van der Waals surface area contributed by atoms with Crippen LogP contribution in [0.3, 0.4) is 0 Å². The third kappa shape index (κ3) is 4.31. The molecule has 37 heavy (non-hydrogen) atoms. The number of allylic oxidation sites excluding steroid dienone is 1. The molecule has 0 aromatic heterocycles. The first-order chi connectivity index (χ1) is 17.7. The quantitative estimate of drug-likeness (QED) is 0.472. The van der Waals surface area contributed by atoms with Crippen LogP contribution in [0.1, 0.15) is 37.4 Å². The second-order valence-corrected chi connectivity index (χ2v) is 8.94. The molecule has 192 valence electrons. The van der Waals surface area contributed by atoms with Crippen LogP contribution in [0.15, 0.2) is 83.3 Å². The minimum absolute atomic E-state index is 0.0626. The number of hydrogen-bond acceptors (Lipinski definition) is 8. The van der Waals surface area contributed by atoms with E-state index in [4.69, 9.17) is 9.47 Å². The Bertz CT molecular complexity index is 1320. The van der Waals surface area contributed by atoms with Crippen molar-refractivity contribution in [3.63, 3.8) is 0 Å². The number of carbonyl (C=O) groups excluding carboxylic acids is 4. The van der Waals surface area contributed by atoms with Crippen molar-refractivity contribution in [2.75, 3.05) is 14.2 Å². The molecule has 2 aromatic carbocycles. The first-order valence-corrected chi connectivity index (χ1v) is 11.7. The molecular weight excluding hydrogens is 476 g/mol. The minimum Gasteiger partial charge on any atom is -0.466 e. The average molecular weight is 505 g/mol. The SMILES string of the molecule is COC(=O)C1=C(C)N(Cc2ccccc2)C2=C(C(C)=O)C[C@](O)(C(=O)OC)C(=O)N2[C@H]1c1ccccc1. The van der Waals surface area contributed by atoms with Crippen LogP contribution in [0.5, 0.6) is 0 Å². The number of carbonyl (C=O) groups is 4. The summed E-state index contributed by atoms with van der Waals surface area (Å²) < 4.78 is 9.89. The van der Waals surface area contributed by atoms with Gasteiger partial charge in [-0.15, -0.1) is 0 Å². The second kappa shape index (κ2) is 10.0. The normalized spacial score (nSPS) is 21.5. The largest absolute Gasteiger partial charge is 0.466 e. The van der Waals surface area contributed by atoms with Crippen molar-refractivity contribution in [2.45, 2.75) is 38.5 Å². The Labute approximate surface area is 214 Å². The number of amides is 1. The van der Waals surface area contributed by atoms with Gasteiger partial charge < -0.3 is 19.5 Å². The number of aliphatic hydroxyl groups is 1. The molecule has 2 heterocycles. The molecule has 1 amide bonds. The lowest BCUT2D eigenvalue weighted by molar-refractivity contribution is -0.177. The van der Waals surface area contributed by atoms with Crippen LogP contribution in [-0.4, -0.2) is 58.4 Å². The first-order valence-electron chi connectivity index (χ1n) is 11.7. The molecule has 4 rings (SSSR count). The van der Waals surface area contributed by atoms with Crippen molar-refractivity contribution in [1.29, 1.82) is 0 Å². The molecule has 2 aromatic rings. The van der Waals surface area contributed by atoms with Gasteiger partial charge in [0.2, 0.25) is 5.60 Å². The molecule has 9 heteroatoms. The van der Waals surface area contributed by atoms with Gasteiger partial charge in [-0.1, -0.05) is 60.7 Å². The summed E-state index contributed by atoms with van der Waals surface area (Å²) in [4.78, 5) is 55.8. The first kappa shape index (κ1) is 25.8. The van der Waals surface area contributed by atoms with Crippen LogP contribution in [0.2, 0.25) is 0 Å². The fourth-order valence-electron chi connectivity index (χ4n) is 4.91. The summed E-state index contributed by atoms with van der Waals surface area (Å²) in [5.74, 6) is -3.11. The number of rotatable bonds is 6. The molecule has 0 fully saturated rings. The van der Waals surface area contributed by atoms with E-state index < -0.39 is 41.7 Å². The summed E-state index contributed by atoms with van der Waals surface area (Å²) in [5.41, 5.74) is -0.598. The Balaban J connectivity index is 2.09. The lowest BCUT2D eigenvalue weighted by atomic mass is 9.82. The van der Waals surface area contributed by atoms with Crippen molar-refractivity contribution in [1.82, 2.24) is 9.80 Å². The van der Waals surface area contributed by atoms with Crippen LogP contribution in [-0.2, 0) is 35.2 Å². The summed E-state index contributed by atoms with van der Waals surface area (Å²) in [6, 6.07) is 17.0. The van der Waals surface area contributed by atoms with Crippen LogP contribution in [0, 0.1) is 0 Å². The van der Waals surface area contributed by atoms with E-state index in [1.54, 1.807) is 42.2 Å². The molecule has 9 nitrogen and oxygen atoms in total. The molecule has 0 unspecified atom stereocenters. The molecule has 0 saturated heterocycles. The molecule has 0 radical (unpaired) electrons. The maximum Gasteiger partial charge on any atom is 0.348 e.